The molecule has 0 aliphatic heterocycles. The second-order valence-corrected chi connectivity index (χ2v) is 3.42. The number of carbonyl (C=O) groups is 1. The van der Waals surface area contributed by atoms with Gasteiger partial charge in [0.25, 0.3) is 5.91 Å². The molecule has 0 radical (unpaired) electrons. The lowest BCUT2D eigenvalue weighted by atomic mass is 10.1. The van der Waals surface area contributed by atoms with E-state index >= 15 is 0 Å². The number of nitrogens with zero attached hydrogens (tertiary/aromatic N) is 1. The van der Waals surface area contributed by atoms with Gasteiger partial charge in [-0.15, -0.1) is 0 Å². The summed E-state index contributed by atoms with van der Waals surface area (Å²) >= 11 is 4.40. The molecule has 0 N–H and O–H groups in total. The van der Waals surface area contributed by atoms with E-state index in [0.29, 0.717) is 0 Å². The lowest BCUT2D eigenvalue weighted by Crippen LogP contribution is -2.61. The van der Waals surface area contributed by atoms with E-state index in [0.717, 1.165) is 14.1 Å². The molecule has 0 unspecified atom stereocenters. The minimum absolute atomic E-state index is 0.133. The van der Waals surface area contributed by atoms with Crippen LogP contribution in [0.1, 0.15) is 0 Å². The van der Waals surface area contributed by atoms with Crippen LogP contribution in [0.15, 0.2) is 0 Å². The first-order chi connectivity index (χ1) is 6.35. The van der Waals surface area contributed by atoms with E-state index in [9.17, 15) is 31.1 Å². The second kappa shape index (κ2) is 3.73. The maximum absolute atomic E-state index is 12.1. The number of amides is 1. The Hall–Kier alpha value is -0.660. The Bertz CT molecular complexity index is 243. The molecule has 0 spiro atoms. The zero-order chi connectivity index (χ0) is 12.7. The van der Waals surface area contributed by atoms with Crippen molar-refractivity contribution in [1.82, 2.24) is 4.90 Å². The Kier molecular flexibility index (Phi) is 3.56. The van der Waals surface area contributed by atoms with Crippen LogP contribution in [0.2, 0.25) is 0 Å². The number of carbonyl (C=O) groups excluding carboxylic acids is 1. The minimum Gasteiger partial charge on any atom is -0.347 e. The average molecular weight is 258 g/mol. The molecular weight excluding hydrogens is 252 g/mol. The zero-order valence-electron chi connectivity index (χ0n) is 7.50. The van der Waals surface area contributed by atoms with Crippen molar-refractivity contribution < 1.29 is 31.1 Å². The molecule has 0 atom stereocenters. The van der Waals surface area contributed by atoms with Gasteiger partial charge in [-0.1, -0.05) is 11.6 Å². The van der Waals surface area contributed by atoms with Crippen molar-refractivity contribution in [2.45, 2.75) is 17.2 Å². The topological polar surface area (TPSA) is 20.3 Å². The maximum Gasteiger partial charge on any atom is 0.425 e. The highest BCUT2D eigenvalue weighted by molar-refractivity contribution is 6.36. The fourth-order valence-electron chi connectivity index (χ4n) is 0.711. The summed E-state index contributed by atoms with van der Waals surface area (Å²) < 4.78 is 72.7. The van der Waals surface area contributed by atoms with Gasteiger partial charge in [-0.2, -0.15) is 26.3 Å². The second-order valence-electron chi connectivity index (χ2n) is 2.85. The van der Waals surface area contributed by atoms with Gasteiger partial charge in [0.2, 0.25) is 0 Å². The highest BCUT2D eigenvalue weighted by Crippen LogP contribution is 2.48. The van der Waals surface area contributed by atoms with Gasteiger partial charge in [0.1, 0.15) is 0 Å². The molecule has 0 fully saturated rings. The third kappa shape index (κ3) is 2.30. The van der Waals surface area contributed by atoms with Crippen molar-refractivity contribution in [3.05, 3.63) is 0 Å². The Morgan fingerprint density at radius 1 is 1.00 bits per heavy atom. The molecule has 9 heteroatoms. The normalized spacial score (nSPS) is 13.9. The van der Waals surface area contributed by atoms with Crippen LogP contribution in [-0.4, -0.2) is 42.1 Å². The first-order valence-corrected chi connectivity index (χ1v) is 3.77. The van der Waals surface area contributed by atoms with Gasteiger partial charge in [0.05, 0.1) is 0 Å². The van der Waals surface area contributed by atoms with Crippen LogP contribution in [-0.2, 0) is 4.79 Å². The van der Waals surface area contributed by atoms with E-state index in [1.54, 1.807) is 0 Å². The first kappa shape index (κ1) is 14.3. The summed E-state index contributed by atoms with van der Waals surface area (Å²) in [5.74, 6) is -2.27. The molecule has 0 aliphatic carbocycles. The fraction of sp³-hybridized carbons (Fsp3) is 0.833. The minimum atomic E-state index is -5.91. The van der Waals surface area contributed by atoms with E-state index in [4.69, 9.17) is 0 Å². The van der Waals surface area contributed by atoms with Crippen molar-refractivity contribution >= 4 is 17.5 Å². The van der Waals surface area contributed by atoms with E-state index < -0.39 is 23.1 Å². The molecule has 0 aromatic rings. The molecule has 15 heavy (non-hydrogen) atoms. The van der Waals surface area contributed by atoms with Crippen LogP contribution >= 0.6 is 11.6 Å². The number of halogens is 7. The Morgan fingerprint density at radius 2 is 1.27 bits per heavy atom. The highest BCUT2D eigenvalue weighted by atomic mass is 35.5. The van der Waals surface area contributed by atoms with Crippen LogP contribution in [0.5, 0.6) is 0 Å². The third-order valence-electron chi connectivity index (χ3n) is 1.48. The molecule has 0 saturated heterocycles. The lowest BCUT2D eigenvalue weighted by Gasteiger charge is -2.32. The standard InChI is InChI=1S/C6H6ClF6NO/c1-14(2)3(15)4(7,5(8,9)10)6(11,12)13/h1-2H3. The van der Waals surface area contributed by atoms with E-state index in [2.05, 4.69) is 11.6 Å². The summed E-state index contributed by atoms with van der Waals surface area (Å²) in [6.45, 7) is 0. The summed E-state index contributed by atoms with van der Waals surface area (Å²) in [6.07, 6.45) is -11.8. The Morgan fingerprint density at radius 3 is 1.33 bits per heavy atom. The molecule has 0 aromatic carbocycles. The number of alkyl halides is 7. The zero-order valence-corrected chi connectivity index (χ0v) is 8.26. The molecular formula is C6H6ClF6NO. The number of hydrogen-bond acceptors (Lipinski definition) is 1. The lowest BCUT2D eigenvalue weighted by molar-refractivity contribution is -0.263. The molecule has 0 bridgehead atoms. The predicted molar refractivity (Wildman–Crippen MR) is 39.4 cm³/mol. The highest BCUT2D eigenvalue weighted by Gasteiger charge is 2.75. The van der Waals surface area contributed by atoms with Crippen molar-refractivity contribution in [1.29, 1.82) is 0 Å². The molecule has 2 nitrogen and oxygen atoms in total. The molecule has 0 rings (SSSR count). The van der Waals surface area contributed by atoms with Crippen molar-refractivity contribution in [2.75, 3.05) is 14.1 Å². The summed E-state index contributed by atoms with van der Waals surface area (Å²) in [5, 5.41) is 0. The van der Waals surface area contributed by atoms with Crippen LogP contribution in [0.4, 0.5) is 26.3 Å². The first-order valence-electron chi connectivity index (χ1n) is 3.40. The van der Waals surface area contributed by atoms with Crippen LogP contribution < -0.4 is 0 Å². The van der Waals surface area contributed by atoms with E-state index in [-0.39, 0.29) is 4.90 Å². The molecule has 90 valence electrons. The molecule has 0 aromatic heterocycles. The molecule has 0 saturated carbocycles. The quantitative estimate of drug-likeness (QED) is 0.521. The van der Waals surface area contributed by atoms with Gasteiger partial charge < -0.3 is 4.90 Å². The number of hydrogen-bond donors (Lipinski definition) is 0. The maximum atomic E-state index is 12.1. The Labute approximate surface area is 85.8 Å². The Balaban J connectivity index is 5.54. The van der Waals surface area contributed by atoms with Gasteiger partial charge in [-0.05, 0) is 0 Å². The number of rotatable bonds is 1. The van der Waals surface area contributed by atoms with Crippen molar-refractivity contribution in [2.24, 2.45) is 0 Å². The van der Waals surface area contributed by atoms with Gasteiger partial charge in [0.15, 0.2) is 0 Å². The average Bonchev–Trinajstić information content (AvgIpc) is 1.96. The molecule has 0 aliphatic rings. The van der Waals surface area contributed by atoms with Gasteiger partial charge in [-0.3, -0.25) is 4.79 Å². The van der Waals surface area contributed by atoms with Gasteiger partial charge in [0, 0.05) is 14.1 Å². The third-order valence-corrected chi connectivity index (χ3v) is 2.07. The van der Waals surface area contributed by atoms with E-state index in [1.807, 2.05) is 0 Å². The van der Waals surface area contributed by atoms with Crippen molar-refractivity contribution in [3.63, 3.8) is 0 Å². The molecule has 0 heterocycles. The van der Waals surface area contributed by atoms with Crippen molar-refractivity contribution in [3.8, 4) is 0 Å². The largest absolute Gasteiger partial charge is 0.425 e. The molecule has 1 amide bonds. The summed E-state index contributed by atoms with van der Waals surface area (Å²) in [7, 11) is 1.49. The summed E-state index contributed by atoms with van der Waals surface area (Å²) in [4.78, 5) is 6.06. The smallest absolute Gasteiger partial charge is 0.347 e. The summed E-state index contributed by atoms with van der Waals surface area (Å²) in [5.41, 5.74) is 0. The predicted octanol–water partition coefficient (Wildman–Crippen LogP) is 2.18. The SMILES string of the molecule is CN(C)C(=O)C(Cl)(C(F)(F)F)C(F)(F)F. The monoisotopic (exact) mass is 257 g/mol. The van der Waals surface area contributed by atoms with Gasteiger partial charge >= 0.3 is 17.2 Å². The van der Waals surface area contributed by atoms with E-state index in [1.165, 1.54) is 0 Å². The summed E-state index contributed by atoms with van der Waals surface area (Å²) in [6, 6.07) is 0. The van der Waals surface area contributed by atoms with Crippen LogP contribution in [0.25, 0.3) is 0 Å². The van der Waals surface area contributed by atoms with Crippen LogP contribution in [0.3, 0.4) is 0 Å². The van der Waals surface area contributed by atoms with Gasteiger partial charge in [-0.25, -0.2) is 0 Å². The van der Waals surface area contributed by atoms with Crippen LogP contribution in [0, 0.1) is 0 Å². The fourth-order valence-corrected chi connectivity index (χ4v) is 0.880.